The molecule has 0 N–H and O–H groups in total. The van der Waals surface area contributed by atoms with Gasteiger partial charge in [0.15, 0.2) is 0 Å². The summed E-state index contributed by atoms with van der Waals surface area (Å²) in [7, 11) is 0. The highest BCUT2D eigenvalue weighted by Gasteiger charge is 2.12. The minimum Gasteiger partial charge on any atom is -0.105 e. The molecule has 0 rings (SSSR count). The molecule has 0 fully saturated rings. The van der Waals surface area contributed by atoms with E-state index in [1.165, 1.54) is 19.3 Å². The van der Waals surface area contributed by atoms with Crippen LogP contribution in [0.15, 0.2) is 0 Å². The molecule has 0 saturated heterocycles. The van der Waals surface area contributed by atoms with Crippen LogP contribution in [-0.2, 0) is 0 Å². The highest BCUT2D eigenvalue weighted by molar-refractivity contribution is 6.25. The van der Waals surface area contributed by atoms with Gasteiger partial charge in [-0.25, -0.2) is 0 Å². The third kappa shape index (κ3) is 6.55. The van der Waals surface area contributed by atoms with E-state index in [1.54, 1.807) is 0 Å². The first kappa shape index (κ1) is 11.8. The second-order valence-electron chi connectivity index (χ2n) is 3.31. The van der Waals surface area contributed by atoms with Gasteiger partial charge in [0.25, 0.3) is 0 Å². The van der Waals surface area contributed by atoms with Crippen molar-refractivity contribution in [3.63, 3.8) is 0 Å². The molecule has 0 aromatic rings. The Hall–Kier alpha value is -0.150. The monoisotopic (exact) mass is 186 g/mol. The zero-order chi connectivity index (χ0) is 9.45. The molecule has 0 aromatic heterocycles. The van der Waals surface area contributed by atoms with Gasteiger partial charge in [-0.2, -0.15) is 0 Å². The summed E-state index contributed by atoms with van der Waals surface area (Å²) in [4.78, 5) is -0.299. The van der Waals surface area contributed by atoms with E-state index >= 15 is 0 Å². The van der Waals surface area contributed by atoms with E-state index in [1.807, 2.05) is 6.92 Å². The van der Waals surface area contributed by atoms with Crippen LogP contribution in [0, 0.1) is 11.8 Å². The molecule has 0 amide bonds. The molecule has 0 aliphatic heterocycles. The Balaban J connectivity index is 3.58. The molecular formula is C11H19Cl. The maximum absolute atomic E-state index is 6.06. The molecule has 1 heteroatoms. The van der Waals surface area contributed by atoms with E-state index in [-0.39, 0.29) is 4.87 Å². The average molecular weight is 187 g/mol. The third-order valence-corrected chi connectivity index (χ3v) is 2.28. The number of halogens is 1. The van der Waals surface area contributed by atoms with Crippen molar-refractivity contribution in [1.82, 2.24) is 0 Å². The first-order valence-electron chi connectivity index (χ1n) is 4.81. The molecule has 70 valence electrons. The van der Waals surface area contributed by atoms with Crippen LogP contribution in [0.1, 0.15) is 52.9 Å². The SMILES string of the molecule is CCCCCC#CC(C)(Cl)CC. The number of hydrogen-bond donors (Lipinski definition) is 0. The summed E-state index contributed by atoms with van der Waals surface area (Å²) in [5.41, 5.74) is 0. The van der Waals surface area contributed by atoms with Gasteiger partial charge >= 0.3 is 0 Å². The van der Waals surface area contributed by atoms with E-state index in [9.17, 15) is 0 Å². The summed E-state index contributed by atoms with van der Waals surface area (Å²) in [5, 5.41) is 0. The fourth-order valence-electron chi connectivity index (χ4n) is 0.799. The molecule has 0 aliphatic rings. The average Bonchev–Trinajstić information content (AvgIpc) is 2.04. The number of rotatable bonds is 4. The molecule has 0 aliphatic carbocycles. The molecule has 0 radical (unpaired) electrons. The van der Waals surface area contributed by atoms with E-state index in [0.29, 0.717) is 0 Å². The van der Waals surface area contributed by atoms with Crippen molar-refractivity contribution in [2.75, 3.05) is 0 Å². The van der Waals surface area contributed by atoms with Crippen LogP contribution in [0.3, 0.4) is 0 Å². The number of hydrogen-bond acceptors (Lipinski definition) is 0. The smallest absolute Gasteiger partial charge is 0.102 e. The lowest BCUT2D eigenvalue weighted by Gasteiger charge is -2.09. The first-order chi connectivity index (χ1) is 5.62. The second kappa shape index (κ2) is 6.38. The third-order valence-electron chi connectivity index (χ3n) is 1.92. The van der Waals surface area contributed by atoms with Gasteiger partial charge in [0.05, 0.1) is 0 Å². The van der Waals surface area contributed by atoms with Crippen molar-refractivity contribution < 1.29 is 0 Å². The highest BCUT2D eigenvalue weighted by atomic mass is 35.5. The molecule has 1 atom stereocenters. The summed E-state index contributed by atoms with van der Waals surface area (Å²) >= 11 is 6.06. The Labute approximate surface area is 81.7 Å². The van der Waals surface area contributed by atoms with Gasteiger partial charge in [-0.15, -0.1) is 17.5 Å². The largest absolute Gasteiger partial charge is 0.105 e. The van der Waals surface area contributed by atoms with Gasteiger partial charge in [-0.1, -0.05) is 32.6 Å². The summed E-state index contributed by atoms with van der Waals surface area (Å²) in [5.74, 6) is 6.21. The quantitative estimate of drug-likeness (QED) is 0.354. The van der Waals surface area contributed by atoms with Crippen LogP contribution < -0.4 is 0 Å². The highest BCUT2D eigenvalue weighted by Crippen LogP contribution is 2.16. The van der Waals surface area contributed by atoms with Gasteiger partial charge in [-0.05, 0) is 19.8 Å². The molecule has 12 heavy (non-hydrogen) atoms. The van der Waals surface area contributed by atoms with Gasteiger partial charge < -0.3 is 0 Å². The topological polar surface area (TPSA) is 0 Å². The van der Waals surface area contributed by atoms with Crippen molar-refractivity contribution >= 4 is 11.6 Å². The lowest BCUT2D eigenvalue weighted by atomic mass is 10.1. The van der Waals surface area contributed by atoms with Crippen LogP contribution in [0.5, 0.6) is 0 Å². The number of alkyl halides is 1. The van der Waals surface area contributed by atoms with Crippen LogP contribution in [0.2, 0.25) is 0 Å². The van der Waals surface area contributed by atoms with E-state index in [4.69, 9.17) is 11.6 Å². The fourth-order valence-corrected chi connectivity index (χ4v) is 0.865. The molecular weight excluding hydrogens is 168 g/mol. The number of unbranched alkanes of at least 4 members (excludes halogenated alkanes) is 3. The molecule has 0 bridgehead atoms. The molecule has 0 nitrogen and oxygen atoms in total. The minimum absolute atomic E-state index is 0.299. The normalized spacial score (nSPS) is 14.7. The van der Waals surface area contributed by atoms with Crippen molar-refractivity contribution in [2.24, 2.45) is 0 Å². The maximum atomic E-state index is 6.06. The van der Waals surface area contributed by atoms with Crippen LogP contribution in [-0.4, -0.2) is 4.87 Å². The van der Waals surface area contributed by atoms with Gasteiger partial charge in [-0.3, -0.25) is 0 Å². The Morgan fingerprint density at radius 2 is 1.92 bits per heavy atom. The summed E-state index contributed by atoms with van der Waals surface area (Å²) in [6.07, 6.45) is 5.65. The molecule has 0 saturated carbocycles. The van der Waals surface area contributed by atoms with E-state index in [2.05, 4.69) is 25.7 Å². The maximum Gasteiger partial charge on any atom is 0.102 e. The summed E-state index contributed by atoms with van der Waals surface area (Å²) in [6, 6.07) is 0. The van der Waals surface area contributed by atoms with Gasteiger partial charge in [0.2, 0.25) is 0 Å². The predicted octanol–water partition coefficient (Wildman–Crippen LogP) is 3.98. The zero-order valence-corrected chi connectivity index (χ0v) is 9.17. The summed E-state index contributed by atoms with van der Waals surface area (Å²) < 4.78 is 0. The zero-order valence-electron chi connectivity index (χ0n) is 8.41. The Bertz CT molecular complexity index is 160. The van der Waals surface area contributed by atoms with E-state index in [0.717, 1.165) is 12.8 Å². The standard InChI is InChI=1S/C11H19Cl/c1-4-6-7-8-9-10-11(3,12)5-2/h4-8H2,1-3H3. The Morgan fingerprint density at radius 3 is 2.42 bits per heavy atom. The van der Waals surface area contributed by atoms with Gasteiger partial charge in [0.1, 0.15) is 4.87 Å². The minimum atomic E-state index is -0.299. The van der Waals surface area contributed by atoms with Crippen LogP contribution in [0.4, 0.5) is 0 Å². The Morgan fingerprint density at radius 1 is 1.25 bits per heavy atom. The lowest BCUT2D eigenvalue weighted by molar-refractivity contribution is 0.732. The second-order valence-corrected chi connectivity index (χ2v) is 4.14. The van der Waals surface area contributed by atoms with Gasteiger partial charge in [0, 0.05) is 6.42 Å². The van der Waals surface area contributed by atoms with Crippen molar-refractivity contribution in [3.05, 3.63) is 0 Å². The lowest BCUT2D eigenvalue weighted by Crippen LogP contribution is -2.10. The predicted molar refractivity (Wildman–Crippen MR) is 56.5 cm³/mol. The molecule has 0 heterocycles. The van der Waals surface area contributed by atoms with Crippen LogP contribution in [0.25, 0.3) is 0 Å². The fraction of sp³-hybridized carbons (Fsp3) is 0.818. The molecule has 0 spiro atoms. The van der Waals surface area contributed by atoms with Crippen LogP contribution >= 0.6 is 11.6 Å². The van der Waals surface area contributed by atoms with Crippen molar-refractivity contribution in [2.45, 2.75) is 57.7 Å². The Kier molecular flexibility index (Phi) is 6.30. The molecule has 1 unspecified atom stereocenters. The van der Waals surface area contributed by atoms with Crippen molar-refractivity contribution in [3.8, 4) is 11.8 Å². The van der Waals surface area contributed by atoms with E-state index < -0.39 is 0 Å². The molecule has 0 aromatic carbocycles. The first-order valence-corrected chi connectivity index (χ1v) is 5.19. The summed E-state index contributed by atoms with van der Waals surface area (Å²) in [6.45, 7) is 6.24. The van der Waals surface area contributed by atoms with Crippen molar-refractivity contribution in [1.29, 1.82) is 0 Å².